The van der Waals surface area contributed by atoms with Crippen LogP contribution < -0.4 is 0 Å². The fourth-order valence-electron chi connectivity index (χ4n) is 2.24. The van der Waals surface area contributed by atoms with Gasteiger partial charge in [0.25, 0.3) is 0 Å². The fourth-order valence-corrected chi connectivity index (χ4v) is 3.21. The van der Waals surface area contributed by atoms with Crippen molar-refractivity contribution in [1.82, 2.24) is 9.21 Å². The molecule has 0 aromatic carbocycles. The van der Waals surface area contributed by atoms with Crippen LogP contribution in [0.25, 0.3) is 0 Å². The van der Waals surface area contributed by atoms with Crippen molar-refractivity contribution in [1.29, 1.82) is 0 Å². The van der Waals surface area contributed by atoms with E-state index in [0.29, 0.717) is 12.0 Å². The third kappa shape index (κ3) is 6.23. The molecule has 0 saturated carbocycles. The molecule has 0 heterocycles. The Bertz CT molecular complexity index is 364. The van der Waals surface area contributed by atoms with Crippen LogP contribution >= 0.6 is 0 Å². The fraction of sp³-hybridized carbons (Fsp3) is 1.00. The van der Waals surface area contributed by atoms with Gasteiger partial charge in [-0.05, 0) is 47.1 Å². The number of nitrogens with zero attached hydrogens (tertiary/aromatic N) is 2. The number of sulfonamides is 1. The highest BCUT2D eigenvalue weighted by Gasteiger charge is 2.32. The Balaban J connectivity index is 4.78. The topological polar surface area (TPSA) is 40.6 Å². The summed E-state index contributed by atoms with van der Waals surface area (Å²) in [6.07, 6.45) is 3.22. The molecular formula is C14H32N2O2S. The molecule has 0 aliphatic rings. The predicted octanol–water partition coefficient (Wildman–Crippen LogP) is 2.41. The van der Waals surface area contributed by atoms with E-state index in [4.69, 9.17) is 0 Å². The summed E-state index contributed by atoms with van der Waals surface area (Å²) in [7, 11) is 0.661. The van der Waals surface area contributed by atoms with Gasteiger partial charge < -0.3 is 4.90 Å². The number of hydrogen-bond acceptors (Lipinski definition) is 3. The molecule has 0 rings (SSSR count). The molecule has 0 amide bonds. The molecule has 5 heteroatoms. The van der Waals surface area contributed by atoms with E-state index in [-0.39, 0.29) is 5.54 Å². The van der Waals surface area contributed by atoms with Crippen molar-refractivity contribution in [2.75, 3.05) is 26.9 Å². The van der Waals surface area contributed by atoms with Gasteiger partial charge in [0.2, 0.25) is 10.0 Å². The van der Waals surface area contributed by atoms with Crippen LogP contribution in [0.15, 0.2) is 0 Å². The van der Waals surface area contributed by atoms with Crippen LogP contribution in [-0.4, -0.2) is 56.1 Å². The largest absolute Gasteiger partial charge is 0.304 e. The standard InChI is InChI=1S/C14H32N2O2S/c1-9-13(11-15(6)12(2)3)10-14(4,5)16(7)19(8,17)18/h12-13H,9-11H2,1-8H3. The molecule has 116 valence electrons. The third-order valence-electron chi connectivity index (χ3n) is 4.14. The van der Waals surface area contributed by atoms with Crippen LogP contribution in [0.1, 0.15) is 47.5 Å². The molecule has 0 aromatic rings. The molecule has 0 aromatic heterocycles. The average molecular weight is 292 g/mol. The lowest BCUT2D eigenvalue weighted by Gasteiger charge is -2.38. The molecule has 0 aliphatic heterocycles. The number of hydrogen-bond donors (Lipinski definition) is 0. The first kappa shape index (κ1) is 18.9. The lowest BCUT2D eigenvalue weighted by molar-refractivity contribution is 0.162. The summed E-state index contributed by atoms with van der Waals surface area (Å²) in [5.41, 5.74) is -0.341. The van der Waals surface area contributed by atoms with Gasteiger partial charge >= 0.3 is 0 Å². The van der Waals surface area contributed by atoms with E-state index in [1.165, 1.54) is 10.6 Å². The van der Waals surface area contributed by atoms with Crippen LogP contribution in [0, 0.1) is 5.92 Å². The average Bonchev–Trinajstić information content (AvgIpc) is 2.25. The van der Waals surface area contributed by atoms with E-state index < -0.39 is 10.0 Å². The number of rotatable bonds is 8. The van der Waals surface area contributed by atoms with Crippen LogP contribution in [0.5, 0.6) is 0 Å². The minimum Gasteiger partial charge on any atom is -0.304 e. The second kappa shape index (κ2) is 7.04. The van der Waals surface area contributed by atoms with Crippen molar-refractivity contribution in [2.45, 2.75) is 59.0 Å². The molecule has 0 spiro atoms. The highest BCUT2D eigenvalue weighted by atomic mass is 32.2. The van der Waals surface area contributed by atoms with E-state index in [1.54, 1.807) is 7.05 Å². The van der Waals surface area contributed by atoms with Crippen molar-refractivity contribution in [3.63, 3.8) is 0 Å². The van der Waals surface area contributed by atoms with Crippen molar-refractivity contribution >= 4 is 10.0 Å². The van der Waals surface area contributed by atoms with Gasteiger partial charge in [0, 0.05) is 25.2 Å². The molecule has 1 unspecified atom stereocenters. The Morgan fingerprint density at radius 1 is 1.16 bits per heavy atom. The summed E-state index contributed by atoms with van der Waals surface area (Å²) in [4.78, 5) is 2.32. The van der Waals surface area contributed by atoms with Crippen LogP contribution in [0.3, 0.4) is 0 Å². The van der Waals surface area contributed by atoms with Gasteiger partial charge in [0.1, 0.15) is 0 Å². The molecular weight excluding hydrogens is 260 g/mol. The molecule has 0 fully saturated rings. The highest BCUT2D eigenvalue weighted by Crippen LogP contribution is 2.26. The van der Waals surface area contributed by atoms with Gasteiger partial charge in [-0.2, -0.15) is 4.31 Å². The van der Waals surface area contributed by atoms with Crippen molar-refractivity contribution in [2.24, 2.45) is 5.92 Å². The predicted molar refractivity (Wildman–Crippen MR) is 82.8 cm³/mol. The normalized spacial score (nSPS) is 15.5. The first-order chi connectivity index (χ1) is 8.41. The Labute approximate surface area is 120 Å². The Morgan fingerprint density at radius 3 is 1.95 bits per heavy atom. The van der Waals surface area contributed by atoms with E-state index in [1.807, 2.05) is 13.8 Å². The third-order valence-corrected chi connectivity index (χ3v) is 5.63. The van der Waals surface area contributed by atoms with Crippen molar-refractivity contribution in [3.05, 3.63) is 0 Å². The Hall–Kier alpha value is -0.130. The van der Waals surface area contributed by atoms with Crippen LogP contribution in [0.4, 0.5) is 0 Å². The van der Waals surface area contributed by atoms with E-state index in [9.17, 15) is 8.42 Å². The molecule has 0 bridgehead atoms. The zero-order chi connectivity index (χ0) is 15.4. The lowest BCUT2D eigenvalue weighted by Crippen LogP contribution is -2.46. The molecule has 4 nitrogen and oxygen atoms in total. The Kier molecular flexibility index (Phi) is 7.00. The van der Waals surface area contributed by atoms with Gasteiger partial charge in [-0.1, -0.05) is 13.3 Å². The van der Waals surface area contributed by atoms with Crippen LogP contribution in [0.2, 0.25) is 0 Å². The first-order valence-electron chi connectivity index (χ1n) is 7.06. The second-order valence-corrected chi connectivity index (χ2v) is 8.57. The minimum absolute atomic E-state index is 0.341. The maximum atomic E-state index is 11.7. The minimum atomic E-state index is -3.14. The zero-order valence-electron chi connectivity index (χ0n) is 13.9. The van der Waals surface area contributed by atoms with Gasteiger partial charge in [-0.15, -0.1) is 0 Å². The summed E-state index contributed by atoms with van der Waals surface area (Å²) in [6, 6.07) is 0.518. The smallest absolute Gasteiger partial charge is 0.211 e. The van der Waals surface area contributed by atoms with E-state index in [0.717, 1.165) is 19.4 Å². The molecule has 0 aliphatic carbocycles. The SMILES string of the molecule is CCC(CN(C)C(C)C)CC(C)(C)N(C)S(C)(=O)=O. The summed E-state index contributed by atoms with van der Waals surface area (Å²) in [6.45, 7) is 11.6. The van der Waals surface area contributed by atoms with Gasteiger partial charge in [-0.25, -0.2) is 8.42 Å². The summed E-state index contributed by atoms with van der Waals surface area (Å²) >= 11 is 0. The maximum Gasteiger partial charge on any atom is 0.211 e. The maximum absolute atomic E-state index is 11.7. The molecule has 0 N–H and O–H groups in total. The van der Waals surface area contributed by atoms with Crippen molar-refractivity contribution in [3.8, 4) is 0 Å². The molecule has 1 atom stereocenters. The van der Waals surface area contributed by atoms with Crippen LogP contribution in [-0.2, 0) is 10.0 Å². The lowest BCUT2D eigenvalue weighted by atomic mass is 9.88. The monoisotopic (exact) mass is 292 g/mol. The highest BCUT2D eigenvalue weighted by molar-refractivity contribution is 7.88. The van der Waals surface area contributed by atoms with Gasteiger partial charge in [-0.3, -0.25) is 0 Å². The van der Waals surface area contributed by atoms with Gasteiger partial charge in [0.05, 0.1) is 6.26 Å². The quantitative estimate of drug-likeness (QED) is 0.690. The molecule has 0 saturated heterocycles. The second-order valence-electron chi connectivity index (χ2n) is 6.55. The Morgan fingerprint density at radius 2 is 1.63 bits per heavy atom. The summed E-state index contributed by atoms with van der Waals surface area (Å²) < 4.78 is 24.9. The summed E-state index contributed by atoms with van der Waals surface area (Å²) in [5.74, 6) is 0.506. The van der Waals surface area contributed by atoms with E-state index in [2.05, 4.69) is 32.7 Å². The van der Waals surface area contributed by atoms with E-state index >= 15 is 0 Å². The first-order valence-corrected chi connectivity index (χ1v) is 8.91. The molecule has 0 radical (unpaired) electrons. The summed E-state index contributed by atoms with van der Waals surface area (Å²) in [5, 5.41) is 0. The van der Waals surface area contributed by atoms with Gasteiger partial charge in [0.15, 0.2) is 0 Å². The zero-order valence-corrected chi connectivity index (χ0v) is 14.7. The molecule has 19 heavy (non-hydrogen) atoms. The van der Waals surface area contributed by atoms with Crippen molar-refractivity contribution < 1.29 is 8.42 Å².